The van der Waals surface area contributed by atoms with Gasteiger partial charge in [0.05, 0.1) is 5.75 Å². The summed E-state index contributed by atoms with van der Waals surface area (Å²) in [4.78, 5) is 3.10. The van der Waals surface area contributed by atoms with Crippen molar-refractivity contribution < 1.29 is 8.42 Å². The third kappa shape index (κ3) is 2.39. The van der Waals surface area contributed by atoms with Gasteiger partial charge < -0.3 is 4.98 Å². The minimum atomic E-state index is -2.97. The number of aromatic nitrogens is 1. The summed E-state index contributed by atoms with van der Waals surface area (Å²) in [5, 5.41) is 1.06. The van der Waals surface area contributed by atoms with Gasteiger partial charge in [-0.2, -0.15) is 0 Å². The molecule has 0 unspecified atom stereocenters. The molecular formula is C11H13NO2S. The molecule has 0 amide bonds. The maximum atomic E-state index is 11.1. The van der Waals surface area contributed by atoms with Crippen LogP contribution in [0, 0.1) is 6.92 Å². The zero-order chi connectivity index (χ0) is 11.1. The first-order chi connectivity index (χ1) is 6.94. The van der Waals surface area contributed by atoms with Gasteiger partial charge in [-0.15, -0.1) is 0 Å². The number of aryl methyl sites for hydroxylation is 1. The Morgan fingerprint density at radius 3 is 2.67 bits per heavy atom. The highest BCUT2D eigenvalue weighted by Gasteiger charge is 2.07. The van der Waals surface area contributed by atoms with Gasteiger partial charge in [0.2, 0.25) is 0 Å². The first-order valence-corrected chi connectivity index (χ1v) is 6.76. The van der Waals surface area contributed by atoms with Crippen LogP contribution >= 0.6 is 0 Å². The fraction of sp³-hybridized carbons (Fsp3) is 0.273. The van der Waals surface area contributed by atoms with Crippen molar-refractivity contribution in [2.24, 2.45) is 0 Å². The second kappa shape index (κ2) is 3.38. The minimum Gasteiger partial charge on any atom is -0.358 e. The second-order valence-electron chi connectivity index (χ2n) is 3.96. The molecule has 80 valence electrons. The average molecular weight is 223 g/mol. The molecule has 2 aromatic rings. The van der Waals surface area contributed by atoms with Crippen LogP contribution < -0.4 is 0 Å². The van der Waals surface area contributed by atoms with Crippen LogP contribution in [0.5, 0.6) is 0 Å². The molecule has 0 aliphatic heterocycles. The van der Waals surface area contributed by atoms with E-state index in [1.807, 2.05) is 31.2 Å². The lowest BCUT2D eigenvalue weighted by molar-refractivity contribution is 0.600. The summed E-state index contributed by atoms with van der Waals surface area (Å²) in [7, 11) is -2.97. The molecule has 2 rings (SSSR count). The maximum absolute atomic E-state index is 11.1. The highest BCUT2D eigenvalue weighted by atomic mass is 32.2. The number of aromatic amines is 1. The summed E-state index contributed by atoms with van der Waals surface area (Å²) in [5.41, 5.74) is 2.91. The standard InChI is InChI=1S/C11H13NO2S/c1-8-3-4-11-9(5-8)6-10(12-11)7-15(2,13)14/h3-6,12H,7H2,1-2H3. The predicted molar refractivity (Wildman–Crippen MR) is 61.6 cm³/mol. The van der Waals surface area contributed by atoms with Gasteiger partial charge in [-0.25, -0.2) is 8.42 Å². The topological polar surface area (TPSA) is 49.9 Å². The molecule has 0 radical (unpaired) electrons. The van der Waals surface area contributed by atoms with Crippen LogP contribution in [0.25, 0.3) is 10.9 Å². The Kier molecular flexibility index (Phi) is 2.31. The molecule has 0 spiro atoms. The number of H-pyrrole nitrogens is 1. The van der Waals surface area contributed by atoms with Gasteiger partial charge in [-0.05, 0) is 30.5 Å². The quantitative estimate of drug-likeness (QED) is 0.846. The first-order valence-electron chi connectivity index (χ1n) is 4.70. The molecular weight excluding hydrogens is 210 g/mol. The van der Waals surface area contributed by atoms with E-state index in [2.05, 4.69) is 4.98 Å². The van der Waals surface area contributed by atoms with E-state index in [0.29, 0.717) is 0 Å². The van der Waals surface area contributed by atoms with E-state index in [1.54, 1.807) is 0 Å². The molecule has 0 atom stereocenters. The third-order valence-corrected chi connectivity index (χ3v) is 3.09. The molecule has 0 fully saturated rings. The lowest BCUT2D eigenvalue weighted by Gasteiger charge is -1.93. The molecule has 0 saturated heterocycles. The summed E-state index contributed by atoms with van der Waals surface area (Å²) < 4.78 is 22.2. The lowest BCUT2D eigenvalue weighted by Crippen LogP contribution is -2.00. The van der Waals surface area contributed by atoms with Crippen molar-refractivity contribution in [2.75, 3.05) is 6.26 Å². The third-order valence-electron chi connectivity index (χ3n) is 2.25. The van der Waals surface area contributed by atoms with Crippen LogP contribution in [0.15, 0.2) is 24.3 Å². The van der Waals surface area contributed by atoms with Gasteiger partial charge >= 0.3 is 0 Å². The van der Waals surface area contributed by atoms with Crippen molar-refractivity contribution in [1.29, 1.82) is 0 Å². The van der Waals surface area contributed by atoms with E-state index in [9.17, 15) is 8.42 Å². The van der Waals surface area contributed by atoms with Crippen molar-refractivity contribution >= 4 is 20.7 Å². The van der Waals surface area contributed by atoms with Crippen molar-refractivity contribution in [3.05, 3.63) is 35.5 Å². The number of fused-ring (bicyclic) bond motifs is 1. The molecule has 3 nitrogen and oxygen atoms in total. The number of nitrogens with one attached hydrogen (secondary N) is 1. The molecule has 1 N–H and O–H groups in total. The molecule has 4 heteroatoms. The van der Waals surface area contributed by atoms with Crippen LogP contribution in [0.4, 0.5) is 0 Å². The van der Waals surface area contributed by atoms with E-state index in [4.69, 9.17) is 0 Å². The Bertz CT molecular complexity index is 596. The average Bonchev–Trinajstić information content (AvgIpc) is 2.42. The minimum absolute atomic E-state index is 0.0702. The summed E-state index contributed by atoms with van der Waals surface area (Å²) in [6, 6.07) is 7.90. The molecule has 0 saturated carbocycles. The van der Waals surface area contributed by atoms with Gasteiger partial charge in [0.15, 0.2) is 9.84 Å². The number of sulfone groups is 1. The molecule has 0 aliphatic carbocycles. The summed E-state index contributed by atoms with van der Waals surface area (Å²) in [5.74, 6) is 0.0702. The van der Waals surface area contributed by atoms with Crippen LogP contribution in [0.1, 0.15) is 11.3 Å². The normalized spacial score (nSPS) is 12.1. The van der Waals surface area contributed by atoms with Crippen LogP contribution in [-0.4, -0.2) is 19.7 Å². The van der Waals surface area contributed by atoms with Gasteiger partial charge in [0, 0.05) is 17.5 Å². The van der Waals surface area contributed by atoms with Crippen molar-refractivity contribution in [2.45, 2.75) is 12.7 Å². The summed E-state index contributed by atoms with van der Waals surface area (Å²) >= 11 is 0. The van der Waals surface area contributed by atoms with Crippen LogP contribution in [0.2, 0.25) is 0 Å². The van der Waals surface area contributed by atoms with Gasteiger partial charge in [0.1, 0.15) is 0 Å². The second-order valence-corrected chi connectivity index (χ2v) is 6.10. The van der Waals surface area contributed by atoms with Crippen molar-refractivity contribution in [1.82, 2.24) is 4.98 Å². The van der Waals surface area contributed by atoms with Gasteiger partial charge in [-0.1, -0.05) is 11.6 Å². The monoisotopic (exact) mass is 223 g/mol. The Hall–Kier alpha value is -1.29. The van der Waals surface area contributed by atoms with Gasteiger partial charge in [0.25, 0.3) is 0 Å². The largest absolute Gasteiger partial charge is 0.358 e. The molecule has 1 aromatic carbocycles. The smallest absolute Gasteiger partial charge is 0.153 e. The SMILES string of the molecule is Cc1ccc2[nH]c(CS(C)(=O)=O)cc2c1. The van der Waals surface area contributed by atoms with Crippen LogP contribution in [-0.2, 0) is 15.6 Å². The number of hydrogen-bond acceptors (Lipinski definition) is 2. The zero-order valence-corrected chi connectivity index (χ0v) is 9.56. The van der Waals surface area contributed by atoms with Crippen molar-refractivity contribution in [3.63, 3.8) is 0 Å². The summed E-state index contributed by atoms with van der Waals surface area (Å²) in [6.07, 6.45) is 1.24. The Labute approximate surface area is 89.0 Å². The molecule has 0 aliphatic rings. The predicted octanol–water partition coefficient (Wildman–Crippen LogP) is 2.02. The van der Waals surface area contributed by atoms with E-state index in [1.165, 1.54) is 11.8 Å². The number of hydrogen-bond donors (Lipinski definition) is 1. The molecule has 1 aromatic heterocycles. The van der Waals surface area contributed by atoms with E-state index in [-0.39, 0.29) is 5.75 Å². The fourth-order valence-electron chi connectivity index (χ4n) is 1.67. The number of benzene rings is 1. The molecule has 1 heterocycles. The van der Waals surface area contributed by atoms with E-state index < -0.39 is 9.84 Å². The first kappa shape index (κ1) is 10.2. The van der Waals surface area contributed by atoms with Gasteiger partial charge in [-0.3, -0.25) is 0 Å². The molecule has 15 heavy (non-hydrogen) atoms. The van der Waals surface area contributed by atoms with Crippen molar-refractivity contribution in [3.8, 4) is 0 Å². The van der Waals surface area contributed by atoms with Crippen LogP contribution in [0.3, 0.4) is 0 Å². The Balaban J connectivity index is 2.48. The molecule has 0 bridgehead atoms. The van der Waals surface area contributed by atoms with E-state index in [0.717, 1.165) is 16.6 Å². The fourth-order valence-corrected chi connectivity index (χ4v) is 2.39. The highest BCUT2D eigenvalue weighted by Crippen LogP contribution is 2.18. The Morgan fingerprint density at radius 2 is 2.00 bits per heavy atom. The Morgan fingerprint density at radius 1 is 1.27 bits per heavy atom. The highest BCUT2D eigenvalue weighted by molar-refractivity contribution is 7.89. The lowest BCUT2D eigenvalue weighted by atomic mass is 10.2. The van der Waals surface area contributed by atoms with E-state index >= 15 is 0 Å². The maximum Gasteiger partial charge on any atom is 0.153 e. The number of rotatable bonds is 2. The zero-order valence-electron chi connectivity index (χ0n) is 8.74. The summed E-state index contributed by atoms with van der Waals surface area (Å²) in [6.45, 7) is 2.02.